The Bertz CT molecular complexity index is 1130. The zero-order valence-corrected chi connectivity index (χ0v) is 19.9. The van der Waals surface area contributed by atoms with E-state index < -0.39 is 11.9 Å². The molecule has 0 fully saturated rings. The number of halogens is 2. The van der Waals surface area contributed by atoms with Crippen molar-refractivity contribution in [2.75, 3.05) is 14.2 Å². The molecule has 10 nitrogen and oxygen atoms in total. The predicted octanol–water partition coefficient (Wildman–Crippen LogP) is 2.87. The van der Waals surface area contributed by atoms with E-state index in [2.05, 4.69) is 56.3 Å². The first-order chi connectivity index (χ1) is 14.8. The summed E-state index contributed by atoms with van der Waals surface area (Å²) in [5, 5.41) is 0. The van der Waals surface area contributed by atoms with Crippen molar-refractivity contribution in [2.24, 2.45) is 7.05 Å². The highest BCUT2D eigenvalue weighted by Crippen LogP contribution is 2.24. The summed E-state index contributed by atoms with van der Waals surface area (Å²) in [6.45, 7) is 0.298. The first-order valence-electron chi connectivity index (χ1n) is 8.56. The van der Waals surface area contributed by atoms with Crippen LogP contribution in [0.25, 0.3) is 0 Å². The van der Waals surface area contributed by atoms with E-state index in [1.165, 1.54) is 32.7 Å². The van der Waals surface area contributed by atoms with Gasteiger partial charge in [0.15, 0.2) is 0 Å². The van der Waals surface area contributed by atoms with Crippen LogP contribution in [0.15, 0.2) is 50.7 Å². The number of H-pyrrole nitrogens is 1. The van der Waals surface area contributed by atoms with Crippen LogP contribution in [0.1, 0.15) is 26.5 Å². The van der Waals surface area contributed by atoms with Crippen LogP contribution in [0.2, 0.25) is 0 Å². The minimum atomic E-state index is -0.480. The zero-order valence-electron chi connectivity index (χ0n) is 16.7. The molecule has 12 heteroatoms. The van der Waals surface area contributed by atoms with Crippen molar-refractivity contribution in [1.29, 1.82) is 0 Å². The lowest BCUT2D eigenvalue weighted by Gasteiger charge is -2.08. The maximum atomic E-state index is 11.3. The Morgan fingerprint density at radius 1 is 1.06 bits per heavy atom. The van der Waals surface area contributed by atoms with Gasteiger partial charge in [-0.15, -0.1) is 0 Å². The monoisotopic (exact) mass is 556 g/mol. The number of carbonyl (C=O) groups is 2. The first-order valence-corrected chi connectivity index (χ1v) is 10.1. The van der Waals surface area contributed by atoms with Gasteiger partial charge in [0.25, 0.3) is 5.56 Å². The number of hydrogen-bond donors (Lipinski definition) is 1. The second-order valence-electron chi connectivity index (χ2n) is 5.80. The normalized spacial score (nSPS) is 9.97. The lowest BCUT2D eigenvalue weighted by molar-refractivity contribution is 0.0591. The smallest absolute Gasteiger partial charge is 0.339 e. The van der Waals surface area contributed by atoms with E-state index >= 15 is 0 Å². The SMILES string of the molecule is COC(=O)c1c[nH]c(=O)c(Br)c1.COC(=O)c1cnc(OCc2nccn2C)c(Br)c1. The van der Waals surface area contributed by atoms with E-state index in [1.54, 1.807) is 12.3 Å². The number of nitrogens with one attached hydrogen (secondary N) is 1. The van der Waals surface area contributed by atoms with Crippen molar-refractivity contribution in [3.63, 3.8) is 0 Å². The summed E-state index contributed by atoms with van der Waals surface area (Å²) in [6.07, 6.45) is 6.24. The molecule has 0 amide bonds. The fourth-order valence-electron chi connectivity index (χ4n) is 2.12. The van der Waals surface area contributed by atoms with Crippen molar-refractivity contribution < 1.29 is 23.8 Å². The van der Waals surface area contributed by atoms with Crippen molar-refractivity contribution in [3.05, 3.63) is 73.2 Å². The number of aromatic amines is 1. The summed E-state index contributed by atoms with van der Waals surface area (Å²) in [5.74, 6) is 0.261. The van der Waals surface area contributed by atoms with Gasteiger partial charge in [-0.05, 0) is 44.0 Å². The van der Waals surface area contributed by atoms with Gasteiger partial charge in [-0.25, -0.2) is 19.6 Å². The molecule has 0 spiro atoms. The molecule has 164 valence electrons. The van der Waals surface area contributed by atoms with E-state index in [-0.39, 0.29) is 5.56 Å². The number of aromatic nitrogens is 4. The number of ether oxygens (including phenoxy) is 3. The molecule has 0 unspecified atom stereocenters. The fourth-order valence-corrected chi connectivity index (χ4v) is 2.95. The molecule has 0 aromatic carbocycles. The van der Waals surface area contributed by atoms with Crippen LogP contribution in [0, 0.1) is 0 Å². The van der Waals surface area contributed by atoms with Crippen LogP contribution < -0.4 is 10.3 Å². The molecule has 0 saturated heterocycles. The van der Waals surface area contributed by atoms with Gasteiger partial charge in [0, 0.05) is 31.8 Å². The Hall–Kier alpha value is -2.99. The minimum Gasteiger partial charge on any atom is -0.469 e. The van der Waals surface area contributed by atoms with Crippen LogP contribution in [-0.2, 0) is 23.1 Å². The predicted molar refractivity (Wildman–Crippen MR) is 117 cm³/mol. The average molecular weight is 558 g/mol. The van der Waals surface area contributed by atoms with Gasteiger partial charge in [0.2, 0.25) is 5.88 Å². The molecular formula is C19H18Br2N4O6. The number of esters is 2. The second kappa shape index (κ2) is 11.4. The molecule has 0 atom stereocenters. The highest BCUT2D eigenvalue weighted by atomic mass is 79.9. The summed E-state index contributed by atoms with van der Waals surface area (Å²) >= 11 is 6.30. The molecule has 3 heterocycles. The minimum absolute atomic E-state index is 0.275. The van der Waals surface area contributed by atoms with E-state index in [0.29, 0.717) is 32.6 Å². The molecule has 0 aliphatic heterocycles. The van der Waals surface area contributed by atoms with E-state index in [9.17, 15) is 14.4 Å². The van der Waals surface area contributed by atoms with Crippen LogP contribution in [0.5, 0.6) is 5.88 Å². The van der Waals surface area contributed by atoms with Crippen molar-refractivity contribution >= 4 is 43.8 Å². The third-order valence-electron chi connectivity index (χ3n) is 3.77. The molecule has 3 rings (SSSR count). The standard InChI is InChI=1S/C12H12BrN3O3.C7H6BrNO3/c1-16-4-3-14-10(16)7-19-11-9(13)5-8(6-15-11)12(17)18-2;1-12-7(11)4-2-5(8)6(10)9-3-4/h3-6H,7H2,1-2H3;2-3H,1H3,(H,9,10). The van der Waals surface area contributed by atoms with Crippen molar-refractivity contribution in [2.45, 2.75) is 6.61 Å². The number of aryl methyl sites for hydroxylation is 1. The molecule has 0 aliphatic carbocycles. The lowest BCUT2D eigenvalue weighted by atomic mass is 10.3. The van der Waals surface area contributed by atoms with Crippen LogP contribution in [0.4, 0.5) is 0 Å². The number of pyridine rings is 2. The van der Waals surface area contributed by atoms with Gasteiger partial charge in [0.05, 0.1) is 34.3 Å². The molecular weight excluding hydrogens is 540 g/mol. The van der Waals surface area contributed by atoms with Crippen LogP contribution in [-0.4, -0.2) is 45.7 Å². The molecule has 0 radical (unpaired) electrons. The van der Waals surface area contributed by atoms with Gasteiger partial charge in [0.1, 0.15) is 12.4 Å². The third kappa shape index (κ3) is 6.76. The maximum Gasteiger partial charge on any atom is 0.339 e. The summed E-state index contributed by atoms with van der Waals surface area (Å²) in [6, 6.07) is 3.01. The highest BCUT2D eigenvalue weighted by Gasteiger charge is 2.11. The summed E-state index contributed by atoms with van der Waals surface area (Å²) in [7, 11) is 4.48. The van der Waals surface area contributed by atoms with E-state index in [0.717, 1.165) is 5.82 Å². The van der Waals surface area contributed by atoms with Gasteiger partial charge >= 0.3 is 11.9 Å². The first kappa shape index (κ1) is 24.3. The van der Waals surface area contributed by atoms with Gasteiger partial charge in [-0.1, -0.05) is 0 Å². The summed E-state index contributed by atoms with van der Waals surface area (Å²) < 4.78 is 17.4. The van der Waals surface area contributed by atoms with Crippen molar-refractivity contribution in [1.82, 2.24) is 19.5 Å². The fraction of sp³-hybridized carbons (Fsp3) is 0.211. The second-order valence-corrected chi connectivity index (χ2v) is 7.51. The molecule has 1 N–H and O–H groups in total. The Morgan fingerprint density at radius 3 is 2.26 bits per heavy atom. The van der Waals surface area contributed by atoms with Crippen LogP contribution in [0.3, 0.4) is 0 Å². The molecule has 31 heavy (non-hydrogen) atoms. The Kier molecular flexibility index (Phi) is 8.94. The number of rotatable bonds is 5. The van der Waals surface area contributed by atoms with Crippen LogP contribution >= 0.6 is 31.9 Å². The Balaban J connectivity index is 0.000000245. The number of carbonyl (C=O) groups excluding carboxylic acids is 2. The van der Waals surface area contributed by atoms with Gasteiger partial charge in [-0.3, -0.25) is 4.79 Å². The molecule has 0 saturated carbocycles. The Morgan fingerprint density at radius 2 is 1.71 bits per heavy atom. The summed E-state index contributed by atoms with van der Waals surface area (Å²) in [4.78, 5) is 43.7. The number of hydrogen-bond acceptors (Lipinski definition) is 8. The average Bonchev–Trinajstić information content (AvgIpc) is 3.18. The van der Waals surface area contributed by atoms with Gasteiger partial charge in [-0.2, -0.15) is 0 Å². The molecule has 3 aromatic heterocycles. The van der Waals surface area contributed by atoms with E-state index in [1.807, 2.05) is 17.8 Å². The summed E-state index contributed by atoms with van der Waals surface area (Å²) in [5.41, 5.74) is 0.394. The topological polar surface area (TPSA) is 125 Å². The van der Waals surface area contributed by atoms with Crippen molar-refractivity contribution in [3.8, 4) is 5.88 Å². The Labute approximate surface area is 193 Å². The molecule has 0 aliphatic rings. The number of nitrogens with zero attached hydrogens (tertiary/aromatic N) is 3. The third-order valence-corrected chi connectivity index (χ3v) is 4.92. The zero-order chi connectivity index (χ0) is 23.0. The molecule has 0 bridgehead atoms. The lowest BCUT2D eigenvalue weighted by Crippen LogP contribution is -2.10. The largest absolute Gasteiger partial charge is 0.469 e. The number of methoxy groups -OCH3 is 2. The maximum absolute atomic E-state index is 11.3. The van der Waals surface area contributed by atoms with E-state index in [4.69, 9.17) is 4.74 Å². The highest BCUT2D eigenvalue weighted by molar-refractivity contribution is 9.10. The quantitative estimate of drug-likeness (QED) is 0.475. The molecule has 3 aromatic rings. The van der Waals surface area contributed by atoms with Gasteiger partial charge < -0.3 is 23.8 Å². The number of imidazole rings is 1.